The molecule has 0 fully saturated rings. The molecule has 1 aromatic carbocycles. The zero-order valence-electron chi connectivity index (χ0n) is 13.4. The summed E-state index contributed by atoms with van der Waals surface area (Å²) >= 11 is 0. The second-order valence-electron chi connectivity index (χ2n) is 5.02. The molecule has 0 saturated carbocycles. The molecule has 25 heavy (non-hydrogen) atoms. The van der Waals surface area contributed by atoms with E-state index in [9.17, 15) is 24.3 Å². The lowest BCUT2D eigenvalue weighted by atomic mass is 10.2. The second kappa shape index (κ2) is 7.95. The first-order valence-corrected chi connectivity index (χ1v) is 7.47. The first kappa shape index (κ1) is 18.0. The number of hydrogen-bond acceptors (Lipinski definition) is 6. The molecular weight excluding hydrogens is 330 g/mol. The van der Waals surface area contributed by atoms with Gasteiger partial charge in [-0.05, 0) is 12.5 Å². The molecule has 9 nitrogen and oxygen atoms in total. The molecule has 0 aliphatic carbocycles. The molecule has 2 aromatic rings. The predicted octanol–water partition coefficient (Wildman–Crippen LogP) is -0.417. The standard InChI is InChI=1S/C16H17N3O6/c1-2-25-11(20)8-17-13(21)12-14(22)18-16(24)19(15(12)23)9-10-6-4-3-5-7-10/h3-7,23H,2,8-9H2,1H3,(H,17,21)(H,18,22,24). The van der Waals surface area contributed by atoms with Crippen LogP contribution in [0.25, 0.3) is 0 Å². The number of amides is 1. The Balaban J connectivity index is 2.31. The number of aromatic nitrogens is 2. The molecule has 1 amide bonds. The van der Waals surface area contributed by atoms with Gasteiger partial charge in [-0.2, -0.15) is 0 Å². The van der Waals surface area contributed by atoms with Gasteiger partial charge >= 0.3 is 11.7 Å². The van der Waals surface area contributed by atoms with E-state index in [0.717, 1.165) is 4.57 Å². The summed E-state index contributed by atoms with van der Waals surface area (Å²) in [5.74, 6) is -2.46. The van der Waals surface area contributed by atoms with Gasteiger partial charge in [0.25, 0.3) is 11.5 Å². The summed E-state index contributed by atoms with van der Waals surface area (Å²) in [4.78, 5) is 49.1. The maximum atomic E-state index is 12.1. The van der Waals surface area contributed by atoms with Crippen molar-refractivity contribution in [1.29, 1.82) is 0 Å². The van der Waals surface area contributed by atoms with Crippen molar-refractivity contribution < 1.29 is 19.4 Å². The number of aromatic hydroxyl groups is 1. The average Bonchev–Trinajstić information content (AvgIpc) is 2.58. The SMILES string of the molecule is CCOC(=O)CNC(=O)c1c(O)n(Cc2ccccc2)c(=O)[nH]c1=O. The first-order valence-electron chi connectivity index (χ1n) is 7.47. The first-order chi connectivity index (χ1) is 11.9. The second-order valence-corrected chi connectivity index (χ2v) is 5.02. The summed E-state index contributed by atoms with van der Waals surface area (Å²) in [5, 5.41) is 12.4. The molecule has 132 valence electrons. The van der Waals surface area contributed by atoms with E-state index in [1.165, 1.54) is 0 Å². The lowest BCUT2D eigenvalue weighted by Gasteiger charge is -2.11. The van der Waals surface area contributed by atoms with Crippen molar-refractivity contribution in [3.8, 4) is 5.88 Å². The zero-order valence-corrected chi connectivity index (χ0v) is 13.4. The molecule has 0 radical (unpaired) electrons. The van der Waals surface area contributed by atoms with Crippen molar-refractivity contribution in [2.75, 3.05) is 13.2 Å². The average molecular weight is 347 g/mol. The minimum atomic E-state index is -1.05. The Bertz CT molecular complexity index is 885. The highest BCUT2D eigenvalue weighted by Crippen LogP contribution is 2.12. The highest BCUT2D eigenvalue weighted by atomic mass is 16.5. The number of carbonyl (C=O) groups excluding carboxylic acids is 2. The maximum absolute atomic E-state index is 12.1. The Morgan fingerprint density at radius 3 is 2.56 bits per heavy atom. The van der Waals surface area contributed by atoms with Crippen molar-refractivity contribution in [2.45, 2.75) is 13.5 Å². The third kappa shape index (κ3) is 4.34. The molecule has 0 aliphatic rings. The van der Waals surface area contributed by atoms with Crippen LogP contribution in [-0.2, 0) is 16.1 Å². The molecule has 0 unspecified atom stereocenters. The van der Waals surface area contributed by atoms with Gasteiger partial charge in [-0.1, -0.05) is 30.3 Å². The smallest absolute Gasteiger partial charge is 0.331 e. The lowest BCUT2D eigenvalue weighted by Crippen LogP contribution is -2.39. The highest BCUT2D eigenvalue weighted by molar-refractivity contribution is 5.97. The monoisotopic (exact) mass is 347 g/mol. The molecule has 0 spiro atoms. The summed E-state index contributed by atoms with van der Waals surface area (Å²) in [6, 6.07) is 8.72. The molecule has 2 rings (SSSR count). The van der Waals surface area contributed by atoms with Crippen LogP contribution in [0.4, 0.5) is 0 Å². The van der Waals surface area contributed by atoms with Crippen LogP contribution in [-0.4, -0.2) is 39.7 Å². The Labute approximate surface area is 141 Å². The van der Waals surface area contributed by atoms with E-state index < -0.39 is 41.1 Å². The Hall–Kier alpha value is -3.36. The third-order valence-corrected chi connectivity index (χ3v) is 3.28. The van der Waals surface area contributed by atoms with Crippen LogP contribution in [0.15, 0.2) is 39.9 Å². The van der Waals surface area contributed by atoms with E-state index >= 15 is 0 Å². The molecule has 1 aromatic heterocycles. The van der Waals surface area contributed by atoms with Crippen molar-refractivity contribution in [2.24, 2.45) is 0 Å². The molecule has 0 atom stereocenters. The van der Waals surface area contributed by atoms with E-state index in [1.54, 1.807) is 37.3 Å². The molecular formula is C16H17N3O6. The van der Waals surface area contributed by atoms with Crippen LogP contribution in [0, 0.1) is 0 Å². The van der Waals surface area contributed by atoms with Crippen molar-refractivity contribution in [3.05, 3.63) is 62.3 Å². The molecule has 3 N–H and O–H groups in total. The van der Waals surface area contributed by atoms with Gasteiger partial charge in [0.05, 0.1) is 13.2 Å². The largest absolute Gasteiger partial charge is 0.494 e. The Morgan fingerprint density at radius 1 is 1.24 bits per heavy atom. The minimum Gasteiger partial charge on any atom is -0.494 e. The molecule has 1 heterocycles. The summed E-state index contributed by atoms with van der Waals surface area (Å²) in [7, 11) is 0. The van der Waals surface area contributed by atoms with Crippen molar-refractivity contribution in [1.82, 2.24) is 14.9 Å². The summed E-state index contributed by atoms with van der Waals surface area (Å²) < 4.78 is 5.51. The molecule has 0 aliphatic heterocycles. The number of nitrogens with zero attached hydrogens (tertiary/aromatic N) is 1. The van der Waals surface area contributed by atoms with Gasteiger partial charge in [0.1, 0.15) is 6.54 Å². The number of carbonyl (C=O) groups is 2. The van der Waals surface area contributed by atoms with Gasteiger partial charge in [-0.25, -0.2) is 4.79 Å². The summed E-state index contributed by atoms with van der Waals surface area (Å²) in [6.07, 6.45) is 0. The molecule has 9 heteroatoms. The van der Waals surface area contributed by atoms with Gasteiger partial charge in [0, 0.05) is 0 Å². The van der Waals surface area contributed by atoms with Gasteiger partial charge in [-0.15, -0.1) is 0 Å². The fourth-order valence-electron chi connectivity index (χ4n) is 2.13. The fraction of sp³-hybridized carbons (Fsp3) is 0.250. The third-order valence-electron chi connectivity index (χ3n) is 3.28. The minimum absolute atomic E-state index is 0.0412. The van der Waals surface area contributed by atoms with Crippen LogP contribution in [0.2, 0.25) is 0 Å². The predicted molar refractivity (Wildman–Crippen MR) is 87.5 cm³/mol. The van der Waals surface area contributed by atoms with Gasteiger partial charge < -0.3 is 15.2 Å². The van der Waals surface area contributed by atoms with E-state index in [4.69, 9.17) is 0 Å². The number of ether oxygens (including phenoxy) is 1. The highest BCUT2D eigenvalue weighted by Gasteiger charge is 2.21. The quantitative estimate of drug-likeness (QED) is 0.609. The van der Waals surface area contributed by atoms with E-state index in [1.807, 2.05) is 4.98 Å². The number of aromatic amines is 1. The Morgan fingerprint density at radius 2 is 1.92 bits per heavy atom. The van der Waals surface area contributed by atoms with Crippen LogP contribution >= 0.6 is 0 Å². The summed E-state index contributed by atoms with van der Waals surface area (Å²) in [5.41, 5.74) is -1.87. The Kier molecular flexibility index (Phi) is 5.72. The van der Waals surface area contributed by atoms with Crippen LogP contribution in [0.3, 0.4) is 0 Å². The van der Waals surface area contributed by atoms with Gasteiger partial charge in [0.2, 0.25) is 5.88 Å². The van der Waals surface area contributed by atoms with E-state index in [0.29, 0.717) is 5.56 Å². The number of benzene rings is 1. The van der Waals surface area contributed by atoms with Gasteiger partial charge in [-0.3, -0.25) is 23.9 Å². The van der Waals surface area contributed by atoms with Crippen LogP contribution < -0.4 is 16.6 Å². The lowest BCUT2D eigenvalue weighted by molar-refractivity contribution is -0.141. The zero-order chi connectivity index (χ0) is 18.4. The normalized spacial score (nSPS) is 10.3. The number of esters is 1. The van der Waals surface area contributed by atoms with Crippen LogP contribution in [0.5, 0.6) is 5.88 Å². The fourth-order valence-corrected chi connectivity index (χ4v) is 2.13. The number of H-pyrrole nitrogens is 1. The van der Waals surface area contributed by atoms with E-state index in [2.05, 4.69) is 10.1 Å². The van der Waals surface area contributed by atoms with Crippen molar-refractivity contribution >= 4 is 11.9 Å². The van der Waals surface area contributed by atoms with Crippen LogP contribution in [0.1, 0.15) is 22.8 Å². The number of hydrogen-bond donors (Lipinski definition) is 3. The van der Waals surface area contributed by atoms with Gasteiger partial charge in [0.15, 0.2) is 5.56 Å². The number of rotatable bonds is 6. The molecule has 0 saturated heterocycles. The molecule has 0 bridgehead atoms. The van der Waals surface area contributed by atoms with E-state index in [-0.39, 0.29) is 13.2 Å². The maximum Gasteiger partial charge on any atom is 0.331 e. The number of nitrogens with one attached hydrogen (secondary N) is 2. The topological polar surface area (TPSA) is 130 Å². The van der Waals surface area contributed by atoms with Crippen molar-refractivity contribution in [3.63, 3.8) is 0 Å². The summed E-state index contributed by atoms with van der Waals surface area (Å²) in [6.45, 7) is 1.24.